The van der Waals surface area contributed by atoms with Crippen LogP contribution in [0, 0.1) is 17.2 Å². The number of ether oxygens (including phenoxy) is 1. The number of hydrogen-bond donors (Lipinski definition) is 3. The summed E-state index contributed by atoms with van der Waals surface area (Å²) in [5.74, 6) is -7.57. The van der Waals surface area contributed by atoms with E-state index in [2.05, 4.69) is 10.1 Å². The van der Waals surface area contributed by atoms with E-state index in [1.807, 2.05) is 0 Å². The van der Waals surface area contributed by atoms with Crippen LogP contribution in [-0.4, -0.2) is 43.4 Å². The van der Waals surface area contributed by atoms with Crippen molar-refractivity contribution in [2.75, 3.05) is 20.3 Å². The summed E-state index contributed by atoms with van der Waals surface area (Å²) >= 11 is 5.78. The minimum absolute atomic E-state index is 0.470. The number of halogens is 6. The van der Waals surface area contributed by atoms with Crippen LogP contribution in [0.5, 0.6) is 0 Å². The summed E-state index contributed by atoms with van der Waals surface area (Å²) < 4.78 is 75.8. The Balaban J connectivity index is 3.20. The maximum absolute atomic E-state index is 15.1. The highest BCUT2D eigenvalue weighted by Gasteiger charge is 2.61. The van der Waals surface area contributed by atoms with Crippen LogP contribution in [0.4, 0.5) is 22.0 Å². The minimum atomic E-state index is -5.23. The molecule has 0 amide bonds. The van der Waals surface area contributed by atoms with Gasteiger partial charge in [0, 0.05) is 18.0 Å². The third-order valence-corrected chi connectivity index (χ3v) is 6.15. The Morgan fingerprint density at radius 2 is 1.94 bits per heavy atom. The number of nitrogens with two attached hydrogens (primary N) is 1. The third kappa shape index (κ3) is 3.92. The fourth-order valence-electron chi connectivity index (χ4n) is 4.51. The highest BCUT2D eigenvalue weighted by molar-refractivity contribution is 6.31. The molecule has 0 saturated carbocycles. The molecule has 3 atom stereocenters. The molecule has 32 heavy (non-hydrogen) atoms. The number of carboxylic acid groups (broad SMARTS) is 1. The van der Waals surface area contributed by atoms with E-state index in [1.165, 1.54) is 13.8 Å². The van der Waals surface area contributed by atoms with Crippen LogP contribution in [0.3, 0.4) is 0 Å². The summed E-state index contributed by atoms with van der Waals surface area (Å²) in [6.07, 6.45) is -5.23. The van der Waals surface area contributed by atoms with Gasteiger partial charge in [-0.3, -0.25) is 4.79 Å². The van der Waals surface area contributed by atoms with E-state index in [0.717, 1.165) is 7.11 Å². The van der Waals surface area contributed by atoms with E-state index >= 15 is 4.39 Å². The predicted molar refractivity (Wildman–Crippen MR) is 105 cm³/mol. The minimum Gasteiger partial charge on any atom is -0.481 e. The molecule has 0 bridgehead atoms. The molecule has 0 saturated heterocycles. The molecule has 6 nitrogen and oxygen atoms in total. The standard InChI is InChI=1S/C20H22ClF5N2O4/c1-8(2)19(18(30)31)12(7-27)28-11(6-22)14(17(29)32-3)16(19)13-10(23)5-4-9(21)15(13)20(24,25)26/h4-5,8,12,16,28H,6-7,27H2,1-3H3,(H,30,31). The average Bonchev–Trinajstić information content (AvgIpc) is 2.71. The molecule has 1 aliphatic heterocycles. The maximum Gasteiger partial charge on any atom is 0.418 e. The van der Waals surface area contributed by atoms with Crippen LogP contribution in [0.15, 0.2) is 23.4 Å². The molecule has 4 N–H and O–H groups in total. The first-order valence-corrected chi connectivity index (χ1v) is 9.80. The molecule has 0 spiro atoms. The fourth-order valence-corrected chi connectivity index (χ4v) is 4.79. The van der Waals surface area contributed by atoms with Crippen molar-refractivity contribution in [1.29, 1.82) is 0 Å². The molecule has 178 valence electrons. The lowest BCUT2D eigenvalue weighted by Gasteiger charge is -2.50. The molecule has 1 heterocycles. The van der Waals surface area contributed by atoms with Crippen LogP contribution in [0.25, 0.3) is 0 Å². The van der Waals surface area contributed by atoms with Crippen LogP contribution in [-0.2, 0) is 20.5 Å². The molecule has 3 unspecified atom stereocenters. The molecule has 0 aromatic heterocycles. The van der Waals surface area contributed by atoms with Crippen LogP contribution in [0.2, 0.25) is 5.02 Å². The van der Waals surface area contributed by atoms with Gasteiger partial charge < -0.3 is 20.9 Å². The number of hydrogen-bond acceptors (Lipinski definition) is 5. The average molecular weight is 485 g/mol. The van der Waals surface area contributed by atoms with Crippen LogP contribution >= 0.6 is 11.6 Å². The van der Waals surface area contributed by atoms with Gasteiger partial charge in [-0.1, -0.05) is 25.4 Å². The molecule has 1 aliphatic rings. The van der Waals surface area contributed by atoms with Gasteiger partial charge in [0.2, 0.25) is 0 Å². The van der Waals surface area contributed by atoms with Gasteiger partial charge in [0.1, 0.15) is 17.9 Å². The second-order valence-electron chi connectivity index (χ2n) is 7.59. The highest BCUT2D eigenvalue weighted by Crippen LogP contribution is 2.56. The summed E-state index contributed by atoms with van der Waals surface area (Å²) in [6.45, 7) is 0.879. The molecule has 1 aromatic carbocycles. The molecule has 1 aromatic rings. The number of nitrogens with one attached hydrogen (secondary N) is 1. The van der Waals surface area contributed by atoms with Gasteiger partial charge in [-0.25, -0.2) is 13.6 Å². The predicted octanol–water partition coefficient (Wildman–Crippen LogP) is 3.64. The number of benzene rings is 1. The summed E-state index contributed by atoms with van der Waals surface area (Å²) in [7, 11) is 0.883. The van der Waals surface area contributed by atoms with Gasteiger partial charge >= 0.3 is 18.1 Å². The molecule has 0 radical (unpaired) electrons. The van der Waals surface area contributed by atoms with Gasteiger partial charge in [0.05, 0.1) is 35.0 Å². The Labute approximate surface area is 185 Å². The summed E-state index contributed by atoms with van der Waals surface area (Å²) in [5, 5.41) is 11.9. The fraction of sp³-hybridized carbons (Fsp3) is 0.500. The lowest BCUT2D eigenvalue weighted by Crippen LogP contribution is -2.63. The van der Waals surface area contributed by atoms with E-state index in [1.54, 1.807) is 0 Å². The second-order valence-corrected chi connectivity index (χ2v) is 8.00. The Morgan fingerprint density at radius 3 is 2.34 bits per heavy atom. The maximum atomic E-state index is 15.1. The first-order chi connectivity index (χ1) is 14.8. The van der Waals surface area contributed by atoms with E-state index in [0.29, 0.717) is 12.1 Å². The van der Waals surface area contributed by atoms with Gasteiger partial charge in [0.25, 0.3) is 0 Å². The van der Waals surface area contributed by atoms with Gasteiger partial charge in [-0.15, -0.1) is 0 Å². The molecular weight excluding hydrogens is 463 g/mol. The van der Waals surface area contributed by atoms with Crippen molar-refractivity contribution in [2.24, 2.45) is 17.1 Å². The van der Waals surface area contributed by atoms with Crippen molar-refractivity contribution in [3.8, 4) is 0 Å². The molecule has 0 aliphatic carbocycles. The van der Waals surface area contributed by atoms with E-state index in [-0.39, 0.29) is 0 Å². The Hall–Kier alpha value is -2.40. The quantitative estimate of drug-likeness (QED) is 0.421. The molecule has 2 rings (SSSR count). The number of methoxy groups -OCH3 is 1. The van der Waals surface area contributed by atoms with E-state index in [9.17, 15) is 32.3 Å². The third-order valence-electron chi connectivity index (χ3n) is 5.83. The SMILES string of the molecule is COC(=O)C1=C(CF)NC(CN)C(C(=O)O)(C(C)C)C1c1c(F)ccc(Cl)c1C(F)(F)F. The Morgan fingerprint density at radius 1 is 1.34 bits per heavy atom. The lowest BCUT2D eigenvalue weighted by molar-refractivity contribution is -0.158. The van der Waals surface area contributed by atoms with Crippen molar-refractivity contribution < 1.29 is 41.4 Å². The van der Waals surface area contributed by atoms with Crippen molar-refractivity contribution in [2.45, 2.75) is 32.0 Å². The van der Waals surface area contributed by atoms with Crippen LogP contribution in [0.1, 0.15) is 30.9 Å². The molecule has 12 heteroatoms. The zero-order chi connectivity index (χ0) is 24.6. The summed E-state index contributed by atoms with van der Waals surface area (Å²) in [4.78, 5) is 25.3. The number of esters is 1. The van der Waals surface area contributed by atoms with Gasteiger partial charge in [-0.05, 0) is 18.1 Å². The Kier molecular flexibility index (Phi) is 7.45. The first-order valence-electron chi connectivity index (χ1n) is 9.42. The number of aliphatic carboxylic acids is 1. The smallest absolute Gasteiger partial charge is 0.418 e. The number of alkyl halides is 4. The van der Waals surface area contributed by atoms with Crippen LogP contribution < -0.4 is 11.1 Å². The van der Waals surface area contributed by atoms with E-state index < -0.39 is 87.9 Å². The monoisotopic (exact) mass is 484 g/mol. The molecular formula is C20H22ClF5N2O4. The normalized spacial score (nSPS) is 23.8. The van der Waals surface area contributed by atoms with Gasteiger partial charge in [-0.2, -0.15) is 13.2 Å². The second kappa shape index (κ2) is 9.22. The zero-order valence-corrected chi connectivity index (χ0v) is 18.1. The zero-order valence-electron chi connectivity index (χ0n) is 17.3. The van der Waals surface area contributed by atoms with Crippen molar-refractivity contribution in [3.63, 3.8) is 0 Å². The van der Waals surface area contributed by atoms with Crippen molar-refractivity contribution in [1.82, 2.24) is 5.32 Å². The topological polar surface area (TPSA) is 102 Å². The number of allylic oxidation sites excluding steroid dienone is 1. The van der Waals surface area contributed by atoms with E-state index in [4.69, 9.17) is 17.3 Å². The first kappa shape index (κ1) is 25.9. The highest BCUT2D eigenvalue weighted by atomic mass is 35.5. The largest absolute Gasteiger partial charge is 0.481 e. The number of carbonyl (C=O) groups is 2. The number of rotatable bonds is 6. The Bertz CT molecular complexity index is 951. The van der Waals surface area contributed by atoms with Crippen molar-refractivity contribution in [3.05, 3.63) is 45.4 Å². The lowest BCUT2D eigenvalue weighted by atomic mass is 9.56. The summed E-state index contributed by atoms with van der Waals surface area (Å²) in [5.41, 5.74) is -0.737. The van der Waals surface area contributed by atoms with Gasteiger partial charge in [0.15, 0.2) is 0 Å². The summed E-state index contributed by atoms with van der Waals surface area (Å²) in [6, 6.07) is -0.0627. The van der Waals surface area contributed by atoms with Crippen molar-refractivity contribution >= 4 is 23.5 Å². The number of carboxylic acids is 1. The number of carbonyl (C=O) groups excluding carboxylic acids is 1. The molecule has 0 fully saturated rings.